The summed E-state index contributed by atoms with van der Waals surface area (Å²) >= 11 is 7.78. The van der Waals surface area contributed by atoms with Crippen molar-refractivity contribution in [1.82, 2.24) is 14.8 Å². The van der Waals surface area contributed by atoms with Gasteiger partial charge in [-0.05, 0) is 55.3 Å². The predicted octanol–water partition coefficient (Wildman–Crippen LogP) is 3.36. The van der Waals surface area contributed by atoms with Gasteiger partial charge in [-0.2, -0.15) is 0 Å². The molecule has 0 radical (unpaired) electrons. The van der Waals surface area contributed by atoms with Crippen molar-refractivity contribution in [3.63, 3.8) is 0 Å². The van der Waals surface area contributed by atoms with Crippen LogP contribution >= 0.6 is 35.8 Å². The number of carbonyl (C=O) groups excluding carboxylic acids is 1. The van der Waals surface area contributed by atoms with Crippen LogP contribution in [0.3, 0.4) is 0 Å². The van der Waals surface area contributed by atoms with Crippen molar-refractivity contribution in [3.8, 4) is 0 Å². The normalized spacial score (nSPS) is 19.5. The van der Waals surface area contributed by atoms with E-state index in [9.17, 15) is 4.79 Å². The van der Waals surface area contributed by atoms with E-state index in [1.54, 1.807) is 12.4 Å². The van der Waals surface area contributed by atoms with E-state index in [-0.39, 0.29) is 30.2 Å². The van der Waals surface area contributed by atoms with Gasteiger partial charge in [0.2, 0.25) is 5.91 Å². The molecule has 1 heterocycles. The lowest BCUT2D eigenvalue weighted by atomic mass is 9.95. The van der Waals surface area contributed by atoms with Crippen molar-refractivity contribution in [1.29, 1.82) is 0 Å². The molecule has 0 bridgehead atoms. The summed E-state index contributed by atoms with van der Waals surface area (Å²) in [5.74, 6) is 0.320. The fraction of sp³-hybridized carbons (Fsp3) is 0.438. The summed E-state index contributed by atoms with van der Waals surface area (Å²) in [7, 11) is 1.88. The smallest absolute Gasteiger partial charge is 0.227 e. The van der Waals surface area contributed by atoms with Crippen LogP contribution in [0.1, 0.15) is 19.3 Å². The fourth-order valence-electron chi connectivity index (χ4n) is 3.02. The molecule has 3 rings (SSSR count). The van der Waals surface area contributed by atoms with Crippen molar-refractivity contribution < 1.29 is 4.79 Å². The first-order valence-corrected chi connectivity index (χ1v) is 9.10. The zero-order valence-corrected chi connectivity index (χ0v) is 16.2. The first kappa shape index (κ1) is 20.0. The zero-order chi connectivity index (χ0) is 17.1. The van der Waals surface area contributed by atoms with Crippen molar-refractivity contribution in [2.24, 2.45) is 24.6 Å². The van der Waals surface area contributed by atoms with Gasteiger partial charge in [0, 0.05) is 23.5 Å². The molecule has 1 amide bonds. The molecule has 1 aromatic carbocycles. The molecule has 1 aliphatic rings. The second-order valence-corrected chi connectivity index (χ2v) is 7.41. The van der Waals surface area contributed by atoms with Gasteiger partial charge >= 0.3 is 0 Å². The fourth-order valence-corrected chi connectivity index (χ4v) is 4.09. The maximum atomic E-state index is 12.4. The SMILES string of the molecule is Cl.Cn1cnnc1Sc1ccc(NC(=O)[C@@H]2CCC[C@@H]2CN)cc1Cl. The Morgan fingerprint density at radius 3 is 2.92 bits per heavy atom. The standard InChI is InChI=1S/C16H20ClN5OS.ClH/c1-22-9-19-21-16(22)24-14-6-5-11(7-13(14)17)20-15(23)12-4-2-3-10(12)8-18;/h5-7,9-10,12H,2-4,8,18H2,1H3,(H,20,23);1H/t10-,12-;/m1./s1. The van der Waals surface area contributed by atoms with Crippen molar-refractivity contribution >= 4 is 47.4 Å². The van der Waals surface area contributed by atoms with Gasteiger partial charge in [0.1, 0.15) is 6.33 Å². The van der Waals surface area contributed by atoms with Crippen LogP contribution in [-0.2, 0) is 11.8 Å². The molecular weight excluding hydrogens is 381 g/mol. The Balaban J connectivity index is 0.00000225. The molecule has 2 aromatic rings. The number of amides is 1. The molecule has 1 aromatic heterocycles. The molecule has 0 unspecified atom stereocenters. The highest BCUT2D eigenvalue weighted by molar-refractivity contribution is 7.99. The minimum atomic E-state index is 0. The third-order valence-corrected chi connectivity index (χ3v) is 5.92. The van der Waals surface area contributed by atoms with Gasteiger partial charge in [0.25, 0.3) is 0 Å². The number of aryl methyl sites for hydroxylation is 1. The van der Waals surface area contributed by atoms with Crippen molar-refractivity contribution in [3.05, 3.63) is 29.5 Å². The Morgan fingerprint density at radius 2 is 2.28 bits per heavy atom. The van der Waals surface area contributed by atoms with E-state index in [0.29, 0.717) is 17.3 Å². The molecule has 0 spiro atoms. The molecule has 136 valence electrons. The van der Waals surface area contributed by atoms with E-state index in [1.165, 1.54) is 11.8 Å². The van der Waals surface area contributed by atoms with Crippen LogP contribution in [0.2, 0.25) is 5.02 Å². The second kappa shape index (κ2) is 8.89. The summed E-state index contributed by atoms with van der Waals surface area (Å²) < 4.78 is 1.82. The molecule has 0 saturated heterocycles. The molecule has 1 fully saturated rings. The van der Waals surface area contributed by atoms with Crippen LogP contribution in [0.25, 0.3) is 0 Å². The van der Waals surface area contributed by atoms with E-state index < -0.39 is 0 Å². The largest absolute Gasteiger partial charge is 0.330 e. The van der Waals surface area contributed by atoms with E-state index in [0.717, 1.165) is 29.3 Å². The average Bonchev–Trinajstić information content (AvgIpc) is 3.19. The number of hydrogen-bond donors (Lipinski definition) is 2. The number of carbonyl (C=O) groups is 1. The van der Waals surface area contributed by atoms with Crippen molar-refractivity contribution in [2.75, 3.05) is 11.9 Å². The van der Waals surface area contributed by atoms with Crippen LogP contribution < -0.4 is 11.1 Å². The Kier molecular flexibility index (Phi) is 7.13. The van der Waals surface area contributed by atoms with Crippen LogP contribution in [0, 0.1) is 11.8 Å². The molecule has 1 saturated carbocycles. The zero-order valence-electron chi connectivity index (χ0n) is 13.8. The van der Waals surface area contributed by atoms with E-state index in [2.05, 4.69) is 15.5 Å². The number of anilines is 1. The molecule has 25 heavy (non-hydrogen) atoms. The molecule has 9 heteroatoms. The number of nitrogens with two attached hydrogens (primary N) is 1. The van der Waals surface area contributed by atoms with E-state index >= 15 is 0 Å². The van der Waals surface area contributed by atoms with E-state index in [1.807, 2.05) is 23.7 Å². The van der Waals surface area contributed by atoms with E-state index in [4.69, 9.17) is 17.3 Å². The first-order chi connectivity index (χ1) is 11.6. The first-order valence-electron chi connectivity index (χ1n) is 7.91. The second-order valence-electron chi connectivity index (χ2n) is 5.99. The monoisotopic (exact) mass is 401 g/mol. The number of nitrogens with one attached hydrogen (secondary N) is 1. The van der Waals surface area contributed by atoms with Crippen LogP contribution in [0.4, 0.5) is 5.69 Å². The summed E-state index contributed by atoms with van der Waals surface area (Å²) in [5, 5.41) is 12.2. The molecule has 3 N–H and O–H groups in total. The number of hydrogen-bond acceptors (Lipinski definition) is 5. The highest BCUT2D eigenvalue weighted by Gasteiger charge is 2.31. The quantitative estimate of drug-likeness (QED) is 0.801. The van der Waals surface area contributed by atoms with Gasteiger partial charge in [0.15, 0.2) is 5.16 Å². The summed E-state index contributed by atoms with van der Waals surface area (Å²) in [4.78, 5) is 13.3. The third kappa shape index (κ3) is 4.67. The molecule has 6 nitrogen and oxygen atoms in total. The van der Waals surface area contributed by atoms with Crippen molar-refractivity contribution in [2.45, 2.75) is 29.3 Å². The Labute approximate surface area is 162 Å². The van der Waals surface area contributed by atoms with Gasteiger partial charge in [0.05, 0.1) is 5.02 Å². The van der Waals surface area contributed by atoms with Gasteiger partial charge in [-0.1, -0.05) is 18.0 Å². The maximum absolute atomic E-state index is 12.4. The predicted molar refractivity (Wildman–Crippen MR) is 102 cm³/mol. The minimum absolute atomic E-state index is 0. The molecule has 1 aliphatic carbocycles. The number of halogens is 2. The number of aromatic nitrogens is 3. The van der Waals surface area contributed by atoms with Crippen LogP contribution in [0.5, 0.6) is 0 Å². The van der Waals surface area contributed by atoms with Gasteiger partial charge < -0.3 is 15.6 Å². The average molecular weight is 402 g/mol. The van der Waals surface area contributed by atoms with Gasteiger partial charge in [-0.15, -0.1) is 22.6 Å². The Bertz CT molecular complexity index is 739. The molecule has 2 atom stereocenters. The topological polar surface area (TPSA) is 85.8 Å². The maximum Gasteiger partial charge on any atom is 0.227 e. The highest BCUT2D eigenvalue weighted by Crippen LogP contribution is 2.35. The van der Waals surface area contributed by atoms with Gasteiger partial charge in [-0.25, -0.2) is 0 Å². The van der Waals surface area contributed by atoms with Gasteiger partial charge in [-0.3, -0.25) is 4.79 Å². The number of benzene rings is 1. The summed E-state index contributed by atoms with van der Waals surface area (Å²) in [6, 6.07) is 5.51. The number of rotatable bonds is 5. The summed E-state index contributed by atoms with van der Waals surface area (Å²) in [6.07, 6.45) is 4.64. The molecule has 0 aliphatic heterocycles. The van der Waals surface area contributed by atoms with Crippen LogP contribution in [-0.4, -0.2) is 27.2 Å². The van der Waals surface area contributed by atoms with Crippen LogP contribution in [0.15, 0.2) is 34.6 Å². The third-order valence-electron chi connectivity index (χ3n) is 4.37. The highest BCUT2D eigenvalue weighted by atomic mass is 35.5. The summed E-state index contributed by atoms with van der Waals surface area (Å²) in [6.45, 7) is 0.562. The summed E-state index contributed by atoms with van der Waals surface area (Å²) in [5.41, 5.74) is 6.46. The Hall–Kier alpha value is -1.28. The minimum Gasteiger partial charge on any atom is -0.330 e. The number of nitrogens with zero attached hydrogens (tertiary/aromatic N) is 3. The molecular formula is C16H21Cl2N5OS. The Morgan fingerprint density at radius 1 is 1.48 bits per heavy atom. The lowest BCUT2D eigenvalue weighted by Gasteiger charge is -2.17. The lowest BCUT2D eigenvalue weighted by molar-refractivity contribution is -0.120. The lowest BCUT2D eigenvalue weighted by Crippen LogP contribution is -2.29.